The quantitative estimate of drug-likeness (QED) is 0.721. The van der Waals surface area contributed by atoms with Gasteiger partial charge < -0.3 is 0 Å². The Morgan fingerprint density at radius 3 is 2.33 bits per heavy atom. The van der Waals surface area contributed by atoms with E-state index in [-0.39, 0.29) is 16.5 Å². The number of nitriles is 1. The average Bonchev–Trinajstić information content (AvgIpc) is 2.09. The van der Waals surface area contributed by atoms with Gasteiger partial charge in [0.05, 0.1) is 18.1 Å². The number of hydrogen-bond donors (Lipinski definition) is 0. The molecule has 80 valence electrons. The van der Waals surface area contributed by atoms with Gasteiger partial charge in [-0.3, -0.25) is 0 Å². The van der Waals surface area contributed by atoms with Gasteiger partial charge in [-0.2, -0.15) is 18.4 Å². The normalized spacial score (nSPS) is 11.2. The van der Waals surface area contributed by atoms with Crippen molar-refractivity contribution in [3.63, 3.8) is 0 Å². The summed E-state index contributed by atoms with van der Waals surface area (Å²) in [4.78, 5) is 0. The lowest BCUT2D eigenvalue weighted by molar-refractivity contribution is -0.137. The largest absolute Gasteiger partial charge is 0.416 e. The summed E-state index contributed by atoms with van der Waals surface area (Å²) in [6, 6.07) is 2.82. The Hall–Kier alpha value is -1.09. The Morgan fingerprint density at radius 1 is 1.33 bits per heavy atom. The molecule has 0 unspecified atom stereocenters. The van der Waals surface area contributed by atoms with Crippen LogP contribution in [-0.4, -0.2) is 0 Å². The van der Waals surface area contributed by atoms with Gasteiger partial charge in [0, 0.05) is 10.0 Å². The van der Waals surface area contributed by atoms with Crippen LogP contribution in [0.1, 0.15) is 11.1 Å². The first kappa shape index (κ1) is 12.0. The van der Waals surface area contributed by atoms with E-state index in [4.69, 9.17) is 5.26 Å². The second-order valence-electron chi connectivity index (χ2n) is 2.75. The van der Waals surface area contributed by atoms with E-state index in [1.807, 2.05) is 0 Å². The van der Waals surface area contributed by atoms with E-state index < -0.39 is 17.6 Å². The molecular weight excluding hydrogens is 278 g/mol. The number of halogens is 5. The lowest BCUT2D eigenvalue weighted by Gasteiger charge is -2.09. The SMILES string of the molecule is N#CCc1c(F)cc(C(F)(F)F)cc1Br. The van der Waals surface area contributed by atoms with Crippen LogP contribution >= 0.6 is 15.9 Å². The maximum absolute atomic E-state index is 13.1. The number of rotatable bonds is 1. The van der Waals surface area contributed by atoms with Gasteiger partial charge in [-0.25, -0.2) is 4.39 Å². The van der Waals surface area contributed by atoms with Crippen molar-refractivity contribution in [3.8, 4) is 6.07 Å². The molecule has 0 heterocycles. The third-order valence-electron chi connectivity index (χ3n) is 1.72. The second kappa shape index (κ2) is 4.19. The molecule has 15 heavy (non-hydrogen) atoms. The summed E-state index contributed by atoms with van der Waals surface area (Å²) in [5.41, 5.74) is -1.14. The molecule has 0 bridgehead atoms. The Kier molecular flexibility index (Phi) is 3.35. The van der Waals surface area contributed by atoms with Crippen LogP contribution in [0, 0.1) is 17.1 Å². The molecule has 0 saturated heterocycles. The molecule has 0 aliphatic carbocycles. The molecule has 0 fully saturated rings. The molecule has 0 aliphatic heterocycles. The van der Waals surface area contributed by atoms with Gasteiger partial charge >= 0.3 is 6.18 Å². The van der Waals surface area contributed by atoms with Crippen LogP contribution in [0.4, 0.5) is 17.6 Å². The topological polar surface area (TPSA) is 23.8 Å². The molecule has 6 heteroatoms. The Morgan fingerprint density at radius 2 is 1.93 bits per heavy atom. The summed E-state index contributed by atoms with van der Waals surface area (Å²) in [6.07, 6.45) is -4.86. The molecule has 0 saturated carbocycles. The van der Waals surface area contributed by atoms with Crippen molar-refractivity contribution in [3.05, 3.63) is 33.5 Å². The maximum Gasteiger partial charge on any atom is 0.416 e. The van der Waals surface area contributed by atoms with E-state index in [0.717, 1.165) is 6.07 Å². The minimum Gasteiger partial charge on any atom is -0.207 e. The van der Waals surface area contributed by atoms with Crippen molar-refractivity contribution >= 4 is 15.9 Å². The standard InChI is InChI=1S/C9H4BrF4N/c10-7-3-5(9(12,13)14)4-8(11)6(7)1-2-15/h3-4H,1H2. The highest BCUT2D eigenvalue weighted by molar-refractivity contribution is 9.10. The fourth-order valence-electron chi connectivity index (χ4n) is 1.01. The van der Waals surface area contributed by atoms with Gasteiger partial charge in [0.2, 0.25) is 0 Å². The van der Waals surface area contributed by atoms with Crippen LogP contribution in [-0.2, 0) is 12.6 Å². The van der Waals surface area contributed by atoms with Crippen LogP contribution < -0.4 is 0 Å². The smallest absolute Gasteiger partial charge is 0.207 e. The van der Waals surface area contributed by atoms with Crippen LogP contribution in [0.5, 0.6) is 0 Å². The van der Waals surface area contributed by atoms with E-state index in [9.17, 15) is 17.6 Å². The molecule has 1 aromatic carbocycles. The molecule has 1 aromatic rings. The highest BCUT2D eigenvalue weighted by Gasteiger charge is 2.32. The Balaban J connectivity index is 3.27. The molecule has 0 spiro atoms. The van der Waals surface area contributed by atoms with Gasteiger partial charge in [-0.05, 0) is 12.1 Å². The molecule has 0 N–H and O–H groups in total. The monoisotopic (exact) mass is 281 g/mol. The van der Waals surface area contributed by atoms with E-state index >= 15 is 0 Å². The minimum atomic E-state index is -4.59. The first-order chi connectivity index (χ1) is 6.86. The highest BCUT2D eigenvalue weighted by atomic mass is 79.9. The third kappa shape index (κ3) is 2.69. The number of nitrogens with zero attached hydrogens (tertiary/aromatic N) is 1. The van der Waals surface area contributed by atoms with Crippen LogP contribution in [0.3, 0.4) is 0 Å². The molecule has 0 amide bonds. The maximum atomic E-state index is 13.1. The van der Waals surface area contributed by atoms with Crippen LogP contribution in [0.25, 0.3) is 0 Å². The average molecular weight is 282 g/mol. The minimum absolute atomic E-state index is 0.0450. The molecule has 0 atom stereocenters. The van der Waals surface area contributed by atoms with Crippen molar-refractivity contribution in [2.24, 2.45) is 0 Å². The van der Waals surface area contributed by atoms with Gasteiger partial charge in [0.25, 0.3) is 0 Å². The lowest BCUT2D eigenvalue weighted by atomic mass is 10.1. The fraction of sp³-hybridized carbons (Fsp3) is 0.222. The van der Waals surface area contributed by atoms with E-state index in [0.29, 0.717) is 6.07 Å². The van der Waals surface area contributed by atoms with Gasteiger partial charge in [-0.1, -0.05) is 15.9 Å². The summed E-state index contributed by atoms with van der Waals surface area (Å²) in [7, 11) is 0. The van der Waals surface area contributed by atoms with Crippen LogP contribution in [0.15, 0.2) is 16.6 Å². The van der Waals surface area contributed by atoms with Gasteiger partial charge in [0.1, 0.15) is 5.82 Å². The first-order valence-corrected chi connectivity index (χ1v) is 4.57. The summed E-state index contributed by atoms with van der Waals surface area (Å²) in [6.45, 7) is 0. The van der Waals surface area contributed by atoms with Crippen molar-refractivity contribution in [1.29, 1.82) is 5.26 Å². The highest BCUT2D eigenvalue weighted by Crippen LogP contribution is 2.33. The van der Waals surface area contributed by atoms with Crippen molar-refractivity contribution in [1.82, 2.24) is 0 Å². The first-order valence-electron chi connectivity index (χ1n) is 3.78. The van der Waals surface area contributed by atoms with E-state index in [1.165, 1.54) is 0 Å². The van der Waals surface area contributed by atoms with Crippen molar-refractivity contribution in [2.75, 3.05) is 0 Å². The number of alkyl halides is 3. The summed E-state index contributed by atoms with van der Waals surface area (Å²) < 4.78 is 49.7. The molecular formula is C9H4BrF4N. The van der Waals surface area contributed by atoms with Crippen molar-refractivity contribution < 1.29 is 17.6 Å². The fourth-order valence-corrected chi connectivity index (χ4v) is 1.59. The van der Waals surface area contributed by atoms with E-state index in [1.54, 1.807) is 6.07 Å². The lowest BCUT2D eigenvalue weighted by Crippen LogP contribution is -2.07. The zero-order chi connectivity index (χ0) is 11.6. The number of hydrogen-bond acceptors (Lipinski definition) is 1. The second-order valence-corrected chi connectivity index (χ2v) is 3.61. The number of benzene rings is 1. The zero-order valence-corrected chi connectivity index (χ0v) is 8.78. The summed E-state index contributed by atoms with van der Waals surface area (Å²) >= 11 is 2.80. The predicted octanol–water partition coefficient (Wildman–Crippen LogP) is 3.67. The van der Waals surface area contributed by atoms with E-state index in [2.05, 4.69) is 15.9 Å². The molecule has 0 aromatic heterocycles. The molecule has 0 aliphatic rings. The zero-order valence-electron chi connectivity index (χ0n) is 7.20. The third-order valence-corrected chi connectivity index (χ3v) is 2.43. The van der Waals surface area contributed by atoms with Crippen LogP contribution in [0.2, 0.25) is 0 Å². The predicted molar refractivity (Wildman–Crippen MR) is 48.4 cm³/mol. The van der Waals surface area contributed by atoms with Gasteiger partial charge in [0.15, 0.2) is 0 Å². The van der Waals surface area contributed by atoms with Crippen molar-refractivity contribution in [2.45, 2.75) is 12.6 Å². The molecule has 1 rings (SSSR count). The summed E-state index contributed by atoms with van der Waals surface area (Å²) in [5.74, 6) is -1.03. The summed E-state index contributed by atoms with van der Waals surface area (Å²) in [5, 5.41) is 8.34. The molecule has 1 nitrogen and oxygen atoms in total. The Bertz CT molecular complexity index is 396. The molecule has 0 radical (unpaired) electrons. The van der Waals surface area contributed by atoms with Gasteiger partial charge in [-0.15, -0.1) is 0 Å². The Labute approximate surface area is 91.4 Å².